The number of methoxy groups -OCH3 is 1. The SMILES string of the molecule is COc1nc2n(c(=O)c1Cc1ccccc1)CCS2. The molecule has 98 valence electrons. The Morgan fingerprint density at radius 1 is 1.37 bits per heavy atom. The molecule has 1 aliphatic heterocycles. The first-order valence-electron chi connectivity index (χ1n) is 6.14. The molecule has 0 saturated heterocycles. The van der Waals surface area contributed by atoms with Crippen molar-refractivity contribution in [1.82, 2.24) is 9.55 Å². The fourth-order valence-corrected chi connectivity index (χ4v) is 3.15. The molecule has 0 radical (unpaired) electrons. The molecule has 0 atom stereocenters. The first-order valence-corrected chi connectivity index (χ1v) is 7.12. The van der Waals surface area contributed by atoms with Crippen molar-refractivity contribution in [2.45, 2.75) is 18.1 Å². The minimum atomic E-state index is 0.0238. The topological polar surface area (TPSA) is 44.1 Å². The molecule has 2 heterocycles. The minimum absolute atomic E-state index is 0.0238. The Labute approximate surface area is 115 Å². The van der Waals surface area contributed by atoms with Gasteiger partial charge in [0.1, 0.15) is 0 Å². The van der Waals surface area contributed by atoms with Crippen molar-refractivity contribution in [3.05, 3.63) is 51.8 Å². The first kappa shape index (κ1) is 12.3. The zero-order valence-corrected chi connectivity index (χ0v) is 11.4. The number of aromatic nitrogens is 2. The summed E-state index contributed by atoms with van der Waals surface area (Å²) < 4.78 is 7.03. The van der Waals surface area contributed by atoms with Gasteiger partial charge in [-0.25, -0.2) is 0 Å². The maximum Gasteiger partial charge on any atom is 0.261 e. The van der Waals surface area contributed by atoms with E-state index in [0.717, 1.165) is 23.0 Å². The van der Waals surface area contributed by atoms with Crippen molar-refractivity contribution in [1.29, 1.82) is 0 Å². The van der Waals surface area contributed by atoms with Crippen LogP contribution in [0.1, 0.15) is 11.1 Å². The van der Waals surface area contributed by atoms with Crippen LogP contribution in [-0.4, -0.2) is 22.4 Å². The molecule has 0 saturated carbocycles. The molecule has 0 amide bonds. The summed E-state index contributed by atoms with van der Waals surface area (Å²) in [6, 6.07) is 9.91. The lowest BCUT2D eigenvalue weighted by Crippen LogP contribution is -2.25. The summed E-state index contributed by atoms with van der Waals surface area (Å²) in [4.78, 5) is 16.9. The van der Waals surface area contributed by atoms with Crippen molar-refractivity contribution in [3.63, 3.8) is 0 Å². The lowest BCUT2D eigenvalue weighted by Gasteiger charge is -2.10. The van der Waals surface area contributed by atoms with E-state index in [4.69, 9.17) is 4.74 Å². The molecule has 0 bridgehead atoms. The van der Waals surface area contributed by atoms with Gasteiger partial charge in [-0.1, -0.05) is 42.1 Å². The number of nitrogens with zero attached hydrogens (tertiary/aromatic N) is 2. The zero-order chi connectivity index (χ0) is 13.2. The predicted octanol–water partition coefficient (Wildman–Crippen LogP) is 1.95. The molecular formula is C14H14N2O2S. The molecule has 0 aliphatic carbocycles. The van der Waals surface area contributed by atoms with Crippen LogP contribution in [0.15, 0.2) is 40.3 Å². The van der Waals surface area contributed by atoms with Crippen LogP contribution < -0.4 is 10.3 Å². The Morgan fingerprint density at radius 2 is 2.16 bits per heavy atom. The number of thioether (sulfide) groups is 1. The third-order valence-corrected chi connectivity index (χ3v) is 4.11. The quantitative estimate of drug-likeness (QED) is 0.802. The molecule has 0 N–H and O–H groups in total. The molecule has 1 aliphatic rings. The van der Waals surface area contributed by atoms with Gasteiger partial charge in [-0.15, -0.1) is 0 Å². The van der Waals surface area contributed by atoms with E-state index in [0.29, 0.717) is 17.9 Å². The summed E-state index contributed by atoms with van der Waals surface area (Å²) >= 11 is 1.60. The van der Waals surface area contributed by atoms with Gasteiger partial charge in [-0.2, -0.15) is 4.98 Å². The Morgan fingerprint density at radius 3 is 2.89 bits per heavy atom. The van der Waals surface area contributed by atoms with Crippen LogP contribution in [0, 0.1) is 0 Å². The van der Waals surface area contributed by atoms with Crippen molar-refractivity contribution in [3.8, 4) is 5.88 Å². The van der Waals surface area contributed by atoms with E-state index in [1.807, 2.05) is 30.3 Å². The number of fused-ring (bicyclic) bond motifs is 1. The third-order valence-electron chi connectivity index (χ3n) is 3.15. The number of ether oxygens (including phenoxy) is 1. The fourth-order valence-electron chi connectivity index (χ4n) is 2.21. The van der Waals surface area contributed by atoms with Gasteiger partial charge in [-0.05, 0) is 5.56 Å². The van der Waals surface area contributed by atoms with Crippen molar-refractivity contribution >= 4 is 11.8 Å². The lowest BCUT2D eigenvalue weighted by atomic mass is 10.1. The molecule has 0 fully saturated rings. The highest BCUT2D eigenvalue weighted by Gasteiger charge is 2.21. The first-order chi connectivity index (χ1) is 9.29. The highest BCUT2D eigenvalue weighted by atomic mass is 32.2. The van der Waals surface area contributed by atoms with E-state index in [2.05, 4.69) is 4.98 Å². The molecule has 2 aromatic rings. The van der Waals surface area contributed by atoms with Crippen LogP contribution in [0.3, 0.4) is 0 Å². The molecule has 3 rings (SSSR count). The van der Waals surface area contributed by atoms with Crippen LogP contribution in [0.4, 0.5) is 0 Å². The second kappa shape index (κ2) is 5.09. The van der Waals surface area contributed by atoms with Gasteiger partial charge in [-0.3, -0.25) is 9.36 Å². The molecule has 1 aromatic carbocycles. The zero-order valence-electron chi connectivity index (χ0n) is 10.6. The average molecular weight is 274 g/mol. The van der Waals surface area contributed by atoms with Gasteiger partial charge >= 0.3 is 0 Å². The standard InChI is InChI=1S/C14H14N2O2S/c1-18-12-11(9-10-5-3-2-4-6-10)13(17)16-7-8-19-14(16)15-12/h2-6H,7-9H2,1H3. The average Bonchev–Trinajstić information content (AvgIpc) is 2.91. The number of benzene rings is 1. The van der Waals surface area contributed by atoms with Crippen LogP contribution in [-0.2, 0) is 13.0 Å². The van der Waals surface area contributed by atoms with E-state index in [1.165, 1.54) is 0 Å². The van der Waals surface area contributed by atoms with Gasteiger partial charge < -0.3 is 4.74 Å². The monoisotopic (exact) mass is 274 g/mol. The number of hydrogen-bond donors (Lipinski definition) is 0. The summed E-state index contributed by atoms with van der Waals surface area (Å²) in [5, 5.41) is 0.763. The Kier molecular flexibility index (Phi) is 3.29. The minimum Gasteiger partial charge on any atom is -0.481 e. The van der Waals surface area contributed by atoms with Crippen molar-refractivity contribution in [2.24, 2.45) is 0 Å². The normalized spacial score (nSPS) is 13.3. The number of hydrogen-bond acceptors (Lipinski definition) is 4. The third kappa shape index (κ3) is 2.26. The van der Waals surface area contributed by atoms with Gasteiger partial charge in [0.2, 0.25) is 5.88 Å². The smallest absolute Gasteiger partial charge is 0.261 e. The summed E-state index contributed by atoms with van der Waals surface area (Å²) in [6.07, 6.45) is 0.556. The van der Waals surface area contributed by atoms with Crippen LogP contribution in [0.2, 0.25) is 0 Å². The van der Waals surface area contributed by atoms with Crippen molar-refractivity contribution < 1.29 is 4.74 Å². The van der Waals surface area contributed by atoms with E-state index in [-0.39, 0.29) is 5.56 Å². The Bertz CT molecular complexity index is 652. The Hall–Kier alpha value is -1.75. The highest BCUT2D eigenvalue weighted by Crippen LogP contribution is 2.25. The Balaban J connectivity index is 2.08. The van der Waals surface area contributed by atoms with E-state index >= 15 is 0 Å². The maximum atomic E-state index is 12.5. The van der Waals surface area contributed by atoms with Crippen LogP contribution in [0.25, 0.3) is 0 Å². The highest BCUT2D eigenvalue weighted by molar-refractivity contribution is 7.99. The molecule has 0 spiro atoms. The molecule has 1 aromatic heterocycles. The molecule has 4 nitrogen and oxygen atoms in total. The second-order valence-corrected chi connectivity index (χ2v) is 5.41. The maximum absolute atomic E-state index is 12.5. The molecule has 19 heavy (non-hydrogen) atoms. The largest absolute Gasteiger partial charge is 0.481 e. The van der Waals surface area contributed by atoms with Gasteiger partial charge in [0.15, 0.2) is 5.16 Å². The molecular weight excluding hydrogens is 260 g/mol. The predicted molar refractivity (Wildman–Crippen MR) is 75.0 cm³/mol. The molecule has 0 unspecified atom stereocenters. The van der Waals surface area contributed by atoms with E-state index in [9.17, 15) is 4.79 Å². The van der Waals surface area contributed by atoms with Crippen LogP contribution >= 0.6 is 11.8 Å². The van der Waals surface area contributed by atoms with Gasteiger partial charge in [0.25, 0.3) is 5.56 Å². The van der Waals surface area contributed by atoms with Crippen LogP contribution in [0.5, 0.6) is 5.88 Å². The van der Waals surface area contributed by atoms with Gasteiger partial charge in [0, 0.05) is 18.7 Å². The molecule has 5 heteroatoms. The van der Waals surface area contributed by atoms with Crippen molar-refractivity contribution in [2.75, 3.05) is 12.9 Å². The second-order valence-electron chi connectivity index (χ2n) is 4.35. The lowest BCUT2D eigenvalue weighted by molar-refractivity contribution is 0.381. The van der Waals surface area contributed by atoms with Gasteiger partial charge in [0.05, 0.1) is 12.7 Å². The van der Waals surface area contributed by atoms with E-state index in [1.54, 1.807) is 23.4 Å². The summed E-state index contributed by atoms with van der Waals surface area (Å²) in [5.41, 5.74) is 1.75. The number of rotatable bonds is 3. The summed E-state index contributed by atoms with van der Waals surface area (Å²) in [7, 11) is 1.56. The summed E-state index contributed by atoms with van der Waals surface area (Å²) in [6.45, 7) is 0.734. The summed E-state index contributed by atoms with van der Waals surface area (Å²) in [5.74, 6) is 1.36. The fraction of sp³-hybridized carbons (Fsp3) is 0.286. The van der Waals surface area contributed by atoms with E-state index < -0.39 is 0 Å².